The van der Waals surface area contributed by atoms with Gasteiger partial charge in [-0.3, -0.25) is 4.79 Å². The molecule has 142 valence electrons. The molecule has 2 N–H and O–H groups in total. The molecule has 0 bridgehead atoms. The van der Waals surface area contributed by atoms with Crippen molar-refractivity contribution in [3.63, 3.8) is 0 Å². The van der Waals surface area contributed by atoms with E-state index in [1.807, 2.05) is 13.0 Å². The Labute approximate surface area is 155 Å². The lowest BCUT2D eigenvalue weighted by Gasteiger charge is -2.29. The number of para-hydroxylation sites is 1. The molecule has 1 aliphatic heterocycles. The van der Waals surface area contributed by atoms with Crippen LogP contribution in [0.4, 0.5) is 0 Å². The highest BCUT2D eigenvalue weighted by molar-refractivity contribution is 6.47. The predicted octanol–water partition coefficient (Wildman–Crippen LogP) is 2.66. The third-order valence-corrected chi connectivity index (χ3v) is 4.39. The van der Waals surface area contributed by atoms with Crippen molar-refractivity contribution >= 4 is 19.0 Å². The van der Waals surface area contributed by atoms with Gasteiger partial charge < -0.3 is 19.7 Å². The number of unbranched alkanes of at least 4 members (excludes halogenated alkanes) is 3. The summed E-state index contributed by atoms with van der Waals surface area (Å²) in [6, 6.07) is 5.23. The van der Waals surface area contributed by atoms with E-state index in [0.29, 0.717) is 30.8 Å². The number of hydrogen-bond donors (Lipinski definition) is 2. The third-order valence-electron chi connectivity index (χ3n) is 4.39. The highest BCUT2D eigenvalue weighted by Crippen LogP contribution is 2.30. The van der Waals surface area contributed by atoms with E-state index in [1.165, 1.54) is 0 Å². The average molecular weight is 361 g/mol. The summed E-state index contributed by atoms with van der Waals surface area (Å²) in [6.45, 7) is 4.42. The lowest BCUT2D eigenvalue weighted by molar-refractivity contribution is -0.121. The molecule has 0 spiro atoms. The van der Waals surface area contributed by atoms with Crippen LogP contribution in [0, 0.1) is 0 Å². The predicted molar refractivity (Wildman–Crippen MR) is 100 cm³/mol. The molecule has 0 saturated heterocycles. The molecule has 1 heterocycles. The molecule has 6 nitrogen and oxygen atoms in total. The Hall–Kier alpha value is -2.02. The summed E-state index contributed by atoms with van der Waals surface area (Å²) in [4.78, 5) is 24.1. The quantitative estimate of drug-likeness (QED) is 0.401. The van der Waals surface area contributed by atoms with Gasteiger partial charge in [0.2, 0.25) is 5.91 Å². The van der Waals surface area contributed by atoms with Crippen molar-refractivity contribution in [3.05, 3.63) is 29.3 Å². The Bertz CT molecular complexity index is 622. The molecule has 1 aliphatic rings. The summed E-state index contributed by atoms with van der Waals surface area (Å²) in [5.41, 5.74) is 1.09. The fraction of sp³-hybridized carbons (Fsp3) is 0.579. The molecule has 26 heavy (non-hydrogen) atoms. The Morgan fingerprint density at radius 3 is 2.81 bits per heavy atom. The van der Waals surface area contributed by atoms with E-state index in [0.717, 1.165) is 37.7 Å². The van der Waals surface area contributed by atoms with Gasteiger partial charge in [-0.2, -0.15) is 0 Å². The molecular formula is C19H28BNO5. The van der Waals surface area contributed by atoms with Crippen LogP contribution in [0.1, 0.15) is 68.3 Å². The molecule has 1 atom stereocenters. The topological polar surface area (TPSA) is 84.9 Å². The molecule has 0 aromatic heterocycles. The summed E-state index contributed by atoms with van der Waals surface area (Å²) in [6.07, 6.45) is 5.67. The van der Waals surface area contributed by atoms with Crippen molar-refractivity contribution in [3.8, 4) is 5.75 Å². The zero-order valence-corrected chi connectivity index (χ0v) is 15.6. The van der Waals surface area contributed by atoms with Gasteiger partial charge in [0.15, 0.2) is 0 Å². The number of ether oxygens (including phenoxy) is 1. The zero-order chi connectivity index (χ0) is 18.9. The zero-order valence-electron chi connectivity index (χ0n) is 15.6. The SMILES string of the molecule is CCCCCCOC(=O)c1cccc2c1OB(O)[C@@H](NC(=O)CCC)C2. The summed E-state index contributed by atoms with van der Waals surface area (Å²) >= 11 is 0. The van der Waals surface area contributed by atoms with Crippen molar-refractivity contribution in [2.45, 2.75) is 64.7 Å². The van der Waals surface area contributed by atoms with Gasteiger partial charge in [-0.25, -0.2) is 4.79 Å². The molecule has 7 heteroatoms. The third kappa shape index (κ3) is 5.49. The maximum Gasteiger partial charge on any atom is 0.547 e. The van der Waals surface area contributed by atoms with Gasteiger partial charge in [0, 0.05) is 6.42 Å². The summed E-state index contributed by atoms with van der Waals surface area (Å²) in [5, 5.41) is 13.0. The molecule has 1 amide bonds. The first-order valence-corrected chi connectivity index (χ1v) is 9.49. The second kappa shape index (κ2) is 10.2. The standard InChI is InChI=1S/C19H28BNO5/c1-3-5-6-7-12-25-19(23)15-11-8-10-14-13-16(20(24)26-18(14)15)21-17(22)9-4-2/h8,10-11,16,24H,3-7,9,12-13H2,1-2H3,(H,21,22)/t16-/m0/s1. The normalized spacial score (nSPS) is 15.8. The van der Waals surface area contributed by atoms with Crippen LogP contribution in [0.2, 0.25) is 0 Å². The van der Waals surface area contributed by atoms with Crippen LogP contribution >= 0.6 is 0 Å². The number of amides is 1. The summed E-state index contributed by atoms with van der Waals surface area (Å²) in [7, 11) is -1.19. The second-order valence-corrected chi connectivity index (χ2v) is 6.63. The molecule has 1 aromatic rings. The Morgan fingerprint density at radius 2 is 2.08 bits per heavy atom. The van der Waals surface area contributed by atoms with E-state index in [4.69, 9.17) is 9.39 Å². The van der Waals surface area contributed by atoms with Crippen LogP contribution in [0.15, 0.2) is 18.2 Å². The average Bonchev–Trinajstić information content (AvgIpc) is 2.61. The van der Waals surface area contributed by atoms with Crippen LogP contribution in [-0.2, 0) is 16.0 Å². The van der Waals surface area contributed by atoms with Gasteiger partial charge in [-0.1, -0.05) is 45.2 Å². The Kier molecular flexibility index (Phi) is 7.97. The highest BCUT2D eigenvalue weighted by atomic mass is 16.5. The molecule has 2 rings (SSSR count). The number of carbonyl (C=O) groups is 2. The van der Waals surface area contributed by atoms with Gasteiger partial charge >= 0.3 is 13.1 Å². The van der Waals surface area contributed by atoms with E-state index in [-0.39, 0.29) is 5.91 Å². The summed E-state index contributed by atoms with van der Waals surface area (Å²) in [5.74, 6) is -0.744. The van der Waals surface area contributed by atoms with E-state index >= 15 is 0 Å². The maximum absolute atomic E-state index is 12.3. The lowest BCUT2D eigenvalue weighted by atomic mass is 9.72. The minimum Gasteiger partial charge on any atom is -0.534 e. The number of fused-ring (bicyclic) bond motifs is 1. The molecular weight excluding hydrogens is 333 g/mol. The lowest BCUT2D eigenvalue weighted by Crippen LogP contribution is -2.53. The second-order valence-electron chi connectivity index (χ2n) is 6.63. The largest absolute Gasteiger partial charge is 0.547 e. The number of hydrogen-bond acceptors (Lipinski definition) is 5. The van der Waals surface area contributed by atoms with Crippen molar-refractivity contribution in [2.75, 3.05) is 6.61 Å². The van der Waals surface area contributed by atoms with Gasteiger partial charge in [0.05, 0.1) is 12.5 Å². The van der Waals surface area contributed by atoms with Gasteiger partial charge in [-0.15, -0.1) is 0 Å². The number of nitrogens with one attached hydrogen (secondary N) is 1. The van der Waals surface area contributed by atoms with Crippen molar-refractivity contribution in [1.29, 1.82) is 0 Å². The molecule has 0 aliphatic carbocycles. The molecule has 0 unspecified atom stereocenters. The van der Waals surface area contributed by atoms with Gasteiger partial charge in [-0.05, 0) is 30.9 Å². The van der Waals surface area contributed by atoms with Crippen LogP contribution in [0.3, 0.4) is 0 Å². The van der Waals surface area contributed by atoms with Crippen LogP contribution < -0.4 is 9.97 Å². The molecule has 1 aromatic carbocycles. The monoisotopic (exact) mass is 361 g/mol. The molecule has 0 saturated carbocycles. The first kappa shape index (κ1) is 20.3. The van der Waals surface area contributed by atoms with Crippen molar-refractivity contribution in [1.82, 2.24) is 5.32 Å². The highest BCUT2D eigenvalue weighted by Gasteiger charge is 2.37. The molecule has 0 fully saturated rings. The van der Waals surface area contributed by atoms with Crippen LogP contribution in [-0.4, -0.2) is 36.6 Å². The summed E-state index contributed by atoms with van der Waals surface area (Å²) < 4.78 is 10.9. The number of carbonyl (C=O) groups excluding carboxylic acids is 2. The number of benzene rings is 1. The first-order valence-electron chi connectivity index (χ1n) is 9.49. The van der Waals surface area contributed by atoms with E-state index < -0.39 is 19.0 Å². The fourth-order valence-corrected chi connectivity index (χ4v) is 2.99. The van der Waals surface area contributed by atoms with Crippen molar-refractivity contribution in [2.24, 2.45) is 0 Å². The Balaban J connectivity index is 2.01. The fourth-order valence-electron chi connectivity index (χ4n) is 2.99. The minimum absolute atomic E-state index is 0.119. The number of rotatable bonds is 9. The van der Waals surface area contributed by atoms with E-state index in [2.05, 4.69) is 12.2 Å². The molecule has 0 radical (unpaired) electrons. The maximum atomic E-state index is 12.3. The van der Waals surface area contributed by atoms with Crippen LogP contribution in [0.25, 0.3) is 0 Å². The van der Waals surface area contributed by atoms with E-state index in [1.54, 1.807) is 12.1 Å². The van der Waals surface area contributed by atoms with Gasteiger partial charge in [0.1, 0.15) is 11.3 Å². The Morgan fingerprint density at radius 1 is 1.27 bits per heavy atom. The van der Waals surface area contributed by atoms with Crippen LogP contribution in [0.5, 0.6) is 5.75 Å². The number of esters is 1. The smallest absolute Gasteiger partial charge is 0.534 e. The van der Waals surface area contributed by atoms with Crippen molar-refractivity contribution < 1.29 is 24.0 Å². The van der Waals surface area contributed by atoms with Gasteiger partial charge in [0.25, 0.3) is 0 Å². The van der Waals surface area contributed by atoms with E-state index in [9.17, 15) is 14.6 Å². The minimum atomic E-state index is -1.19. The first-order chi connectivity index (χ1) is 12.6.